The summed E-state index contributed by atoms with van der Waals surface area (Å²) in [6.07, 6.45) is 0. The second-order valence-corrected chi connectivity index (χ2v) is 5.30. The van der Waals surface area contributed by atoms with Crippen LogP contribution in [0.5, 0.6) is 5.75 Å². The van der Waals surface area contributed by atoms with Gasteiger partial charge in [0.05, 0.1) is 17.6 Å². The van der Waals surface area contributed by atoms with Crippen molar-refractivity contribution in [1.82, 2.24) is 0 Å². The molecule has 0 bridgehead atoms. The van der Waals surface area contributed by atoms with Gasteiger partial charge in [-0.1, -0.05) is 17.7 Å². The van der Waals surface area contributed by atoms with Crippen LogP contribution in [0, 0.1) is 10.1 Å². The molecule has 0 heterocycles. The number of halogens is 1. The number of anilines is 2. The van der Waals surface area contributed by atoms with Crippen molar-refractivity contribution < 1.29 is 9.66 Å². The molecule has 2 aromatic rings. The maximum atomic E-state index is 11.2. The number of hydrogen-bond donors (Lipinski definition) is 2. The van der Waals surface area contributed by atoms with E-state index >= 15 is 0 Å². The highest BCUT2D eigenvalue weighted by Crippen LogP contribution is 2.29. The van der Waals surface area contributed by atoms with E-state index in [2.05, 4.69) is 10.6 Å². The van der Waals surface area contributed by atoms with Crippen LogP contribution >= 0.6 is 23.8 Å². The average molecular weight is 352 g/mol. The molecule has 0 fully saturated rings. The second kappa shape index (κ2) is 7.75. The van der Waals surface area contributed by atoms with Crippen molar-refractivity contribution >= 4 is 46.0 Å². The molecule has 2 N–H and O–H groups in total. The number of nitro benzene ring substituents is 1. The minimum atomic E-state index is -0.493. The molecular formula is C15H14ClN3O3S. The van der Waals surface area contributed by atoms with Gasteiger partial charge in [-0.05, 0) is 49.5 Å². The molecule has 0 aliphatic carbocycles. The first-order valence-corrected chi connectivity index (χ1v) is 7.53. The third-order valence-electron chi connectivity index (χ3n) is 2.81. The highest BCUT2D eigenvalue weighted by atomic mass is 35.5. The summed E-state index contributed by atoms with van der Waals surface area (Å²) in [4.78, 5) is 10.7. The lowest BCUT2D eigenvalue weighted by atomic mass is 10.2. The number of ether oxygens (including phenoxy) is 1. The average Bonchev–Trinajstić information content (AvgIpc) is 2.48. The lowest BCUT2D eigenvalue weighted by Crippen LogP contribution is -2.19. The highest BCUT2D eigenvalue weighted by molar-refractivity contribution is 7.80. The number of hydrogen-bond acceptors (Lipinski definition) is 4. The van der Waals surface area contributed by atoms with Gasteiger partial charge in [0.1, 0.15) is 11.4 Å². The van der Waals surface area contributed by atoms with Gasteiger partial charge >= 0.3 is 0 Å². The Kier molecular flexibility index (Phi) is 5.72. The molecule has 2 rings (SSSR count). The van der Waals surface area contributed by atoms with Gasteiger partial charge in [-0.3, -0.25) is 10.1 Å². The molecule has 120 valence electrons. The van der Waals surface area contributed by atoms with Gasteiger partial charge < -0.3 is 15.4 Å². The molecule has 0 amide bonds. The lowest BCUT2D eigenvalue weighted by molar-refractivity contribution is -0.384. The van der Waals surface area contributed by atoms with Crippen LogP contribution in [0.2, 0.25) is 5.02 Å². The van der Waals surface area contributed by atoms with Gasteiger partial charge in [0.15, 0.2) is 5.11 Å². The van der Waals surface area contributed by atoms with E-state index in [4.69, 9.17) is 28.6 Å². The van der Waals surface area contributed by atoms with E-state index in [-0.39, 0.29) is 16.5 Å². The van der Waals surface area contributed by atoms with Crippen LogP contribution in [0.4, 0.5) is 17.1 Å². The van der Waals surface area contributed by atoms with Gasteiger partial charge in [-0.2, -0.15) is 0 Å². The van der Waals surface area contributed by atoms with E-state index in [1.165, 1.54) is 6.07 Å². The molecule has 23 heavy (non-hydrogen) atoms. The topological polar surface area (TPSA) is 76.4 Å². The monoisotopic (exact) mass is 351 g/mol. The minimum Gasteiger partial charge on any atom is -0.494 e. The summed E-state index contributed by atoms with van der Waals surface area (Å²) < 4.78 is 5.27. The number of nitrogens with one attached hydrogen (secondary N) is 2. The fraction of sp³-hybridized carbons (Fsp3) is 0.133. The van der Waals surface area contributed by atoms with Crippen molar-refractivity contribution in [2.75, 3.05) is 17.2 Å². The standard InChI is InChI=1S/C15H14ClN3O3S/c1-2-22-12-6-7-13(14(9-12)19(20)21)18-15(23)17-11-5-3-4-10(16)8-11/h3-9H,2H2,1H3,(H2,17,18,23). The Morgan fingerprint density at radius 3 is 2.74 bits per heavy atom. The predicted octanol–water partition coefficient (Wildman–Crippen LogP) is 4.46. The third-order valence-corrected chi connectivity index (χ3v) is 3.25. The van der Waals surface area contributed by atoms with Crippen LogP contribution in [0.15, 0.2) is 42.5 Å². The predicted molar refractivity (Wildman–Crippen MR) is 95.6 cm³/mol. The first-order chi connectivity index (χ1) is 11.0. The van der Waals surface area contributed by atoms with E-state index < -0.39 is 4.92 Å². The molecule has 0 atom stereocenters. The Balaban J connectivity index is 2.15. The van der Waals surface area contributed by atoms with Crippen molar-refractivity contribution in [3.8, 4) is 5.75 Å². The molecule has 0 aliphatic heterocycles. The maximum absolute atomic E-state index is 11.2. The largest absolute Gasteiger partial charge is 0.494 e. The van der Waals surface area contributed by atoms with Crippen LogP contribution in [0.3, 0.4) is 0 Å². The molecule has 6 nitrogen and oxygen atoms in total. The molecule has 0 saturated heterocycles. The molecule has 8 heteroatoms. The third kappa shape index (κ3) is 4.80. The van der Waals surface area contributed by atoms with Crippen LogP contribution in [0.25, 0.3) is 0 Å². The smallest absolute Gasteiger partial charge is 0.296 e. The molecule has 0 radical (unpaired) electrons. The van der Waals surface area contributed by atoms with Crippen molar-refractivity contribution in [3.63, 3.8) is 0 Å². The van der Waals surface area contributed by atoms with Gasteiger partial charge in [-0.25, -0.2) is 0 Å². The summed E-state index contributed by atoms with van der Waals surface area (Å²) in [5.41, 5.74) is 0.841. The molecule has 0 aliphatic rings. The van der Waals surface area contributed by atoms with E-state index in [0.717, 1.165) is 0 Å². The molecule has 0 saturated carbocycles. The number of nitrogens with zero attached hydrogens (tertiary/aromatic N) is 1. The van der Waals surface area contributed by atoms with E-state index in [1.807, 2.05) is 6.92 Å². The van der Waals surface area contributed by atoms with Crippen molar-refractivity contribution in [2.24, 2.45) is 0 Å². The maximum Gasteiger partial charge on any atom is 0.296 e. The van der Waals surface area contributed by atoms with Crippen LogP contribution < -0.4 is 15.4 Å². The van der Waals surface area contributed by atoms with Crippen LogP contribution in [-0.4, -0.2) is 16.6 Å². The fourth-order valence-corrected chi connectivity index (χ4v) is 2.29. The normalized spacial score (nSPS) is 10.0. The number of thiocarbonyl (C=S) groups is 1. The molecule has 0 spiro atoms. The van der Waals surface area contributed by atoms with Crippen molar-refractivity contribution in [2.45, 2.75) is 6.92 Å². The van der Waals surface area contributed by atoms with E-state index in [9.17, 15) is 10.1 Å². The van der Waals surface area contributed by atoms with Gasteiger partial charge in [-0.15, -0.1) is 0 Å². The fourth-order valence-electron chi connectivity index (χ4n) is 1.88. The zero-order valence-corrected chi connectivity index (χ0v) is 13.8. The zero-order valence-electron chi connectivity index (χ0n) is 12.2. The molecule has 2 aromatic carbocycles. The molecule has 0 aromatic heterocycles. The summed E-state index contributed by atoms with van der Waals surface area (Å²) in [6.45, 7) is 2.24. The lowest BCUT2D eigenvalue weighted by Gasteiger charge is -2.12. The van der Waals surface area contributed by atoms with Gasteiger partial charge in [0.2, 0.25) is 0 Å². The number of rotatable bonds is 5. The summed E-state index contributed by atoms with van der Waals surface area (Å²) in [6, 6.07) is 11.5. The summed E-state index contributed by atoms with van der Waals surface area (Å²) >= 11 is 11.1. The number of benzene rings is 2. The van der Waals surface area contributed by atoms with Crippen molar-refractivity contribution in [1.29, 1.82) is 0 Å². The Hall–Kier alpha value is -2.38. The minimum absolute atomic E-state index is 0.119. The van der Waals surface area contributed by atoms with Crippen LogP contribution in [0.1, 0.15) is 6.92 Å². The first-order valence-electron chi connectivity index (χ1n) is 6.74. The first kappa shape index (κ1) is 17.0. The molecular weight excluding hydrogens is 338 g/mol. The van der Waals surface area contributed by atoms with E-state index in [1.54, 1.807) is 36.4 Å². The summed E-state index contributed by atoms with van der Waals surface area (Å²) in [7, 11) is 0. The second-order valence-electron chi connectivity index (χ2n) is 4.46. The summed E-state index contributed by atoms with van der Waals surface area (Å²) in [5, 5.41) is 17.7. The van der Waals surface area contributed by atoms with E-state index in [0.29, 0.717) is 23.1 Å². The Morgan fingerprint density at radius 1 is 1.30 bits per heavy atom. The highest BCUT2D eigenvalue weighted by Gasteiger charge is 2.16. The Labute approximate surface area is 143 Å². The number of nitro groups is 1. The summed E-state index contributed by atoms with van der Waals surface area (Å²) in [5.74, 6) is 0.429. The van der Waals surface area contributed by atoms with Crippen molar-refractivity contribution in [3.05, 3.63) is 57.6 Å². The SMILES string of the molecule is CCOc1ccc(NC(=S)Nc2cccc(Cl)c2)c([N+](=O)[O-])c1. The van der Waals surface area contributed by atoms with Gasteiger partial charge in [0, 0.05) is 10.7 Å². The molecule has 0 unspecified atom stereocenters. The van der Waals surface area contributed by atoms with Crippen LogP contribution in [-0.2, 0) is 0 Å². The Bertz CT molecular complexity index is 740. The quantitative estimate of drug-likeness (QED) is 0.470. The van der Waals surface area contributed by atoms with Gasteiger partial charge in [0.25, 0.3) is 5.69 Å². The Morgan fingerprint density at radius 2 is 2.09 bits per heavy atom. The zero-order chi connectivity index (χ0) is 16.8.